The third-order valence-corrected chi connectivity index (χ3v) is 4.74. The normalized spacial score (nSPS) is 21.6. The number of nitrogens with zero attached hydrogens (tertiary/aromatic N) is 1. The summed E-state index contributed by atoms with van der Waals surface area (Å²) in [5, 5.41) is 0. The van der Waals surface area contributed by atoms with Crippen LogP contribution in [0, 0.1) is 5.92 Å². The Hall–Kier alpha value is -2.14. The van der Waals surface area contributed by atoms with Crippen molar-refractivity contribution in [3.05, 3.63) is 41.8 Å². The van der Waals surface area contributed by atoms with Gasteiger partial charge in [0.1, 0.15) is 11.9 Å². The molecule has 1 aromatic heterocycles. The van der Waals surface area contributed by atoms with E-state index < -0.39 is 0 Å². The summed E-state index contributed by atoms with van der Waals surface area (Å²) in [4.78, 5) is 17.1. The molecule has 5 nitrogen and oxygen atoms in total. The molecule has 24 heavy (non-hydrogen) atoms. The number of hydrogen-bond acceptors (Lipinski definition) is 5. The Kier molecular flexibility index (Phi) is 4.10. The van der Waals surface area contributed by atoms with Gasteiger partial charge in [0.15, 0.2) is 5.69 Å². The maximum atomic E-state index is 12.6. The van der Waals surface area contributed by atoms with E-state index in [1.54, 1.807) is 0 Å². The fourth-order valence-corrected chi connectivity index (χ4v) is 3.05. The number of hydrogen-bond donors (Lipinski definition) is 0. The van der Waals surface area contributed by atoms with Crippen LogP contribution in [-0.2, 0) is 9.47 Å². The smallest absolute Gasteiger partial charge is 0.360 e. The minimum atomic E-state index is -0.387. The van der Waals surface area contributed by atoms with Gasteiger partial charge in [-0.3, -0.25) is 0 Å². The SMILES string of the molecule is C[C@@H](OC(=O)c1nc(-c2ccccc2)oc1C1CC1)[C@H]1CCOC1. The van der Waals surface area contributed by atoms with E-state index in [4.69, 9.17) is 13.9 Å². The molecule has 2 heterocycles. The van der Waals surface area contributed by atoms with E-state index in [1.165, 1.54) is 0 Å². The van der Waals surface area contributed by atoms with Gasteiger partial charge >= 0.3 is 5.97 Å². The molecule has 0 spiro atoms. The van der Waals surface area contributed by atoms with Gasteiger partial charge in [-0.25, -0.2) is 9.78 Å². The van der Waals surface area contributed by atoms with Crippen molar-refractivity contribution >= 4 is 5.97 Å². The molecular weight excluding hydrogens is 306 g/mol. The number of rotatable bonds is 5. The summed E-state index contributed by atoms with van der Waals surface area (Å²) in [6.07, 6.45) is 2.83. The summed E-state index contributed by atoms with van der Waals surface area (Å²) >= 11 is 0. The van der Waals surface area contributed by atoms with Crippen molar-refractivity contribution in [2.45, 2.75) is 38.2 Å². The molecule has 5 heteroatoms. The molecule has 0 bridgehead atoms. The lowest BCUT2D eigenvalue weighted by atomic mass is 10.0. The summed E-state index contributed by atoms with van der Waals surface area (Å²) < 4.78 is 16.9. The van der Waals surface area contributed by atoms with E-state index in [-0.39, 0.29) is 18.0 Å². The molecule has 2 atom stereocenters. The Morgan fingerprint density at radius 3 is 2.71 bits per heavy atom. The first kappa shape index (κ1) is 15.4. The zero-order chi connectivity index (χ0) is 16.5. The molecule has 2 fully saturated rings. The average molecular weight is 327 g/mol. The number of esters is 1. The number of benzene rings is 1. The Balaban J connectivity index is 1.57. The van der Waals surface area contributed by atoms with Crippen molar-refractivity contribution in [1.82, 2.24) is 4.98 Å². The summed E-state index contributed by atoms with van der Waals surface area (Å²) in [6, 6.07) is 9.65. The standard InChI is InChI=1S/C19H21NO4/c1-12(15-9-10-22-11-15)23-19(21)16-17(13-7-8-13)24-18(20-16)14-5-3-2-4-6-14/h2-6,12-13,15H,7-11H2,1H3/t12-,15+/m1/s1. The maximum absolute atomic E-state index is 12.6. The molecular formula is C19H21NO4. The van der Waals surface area contributed by atoms with E-state index in [9.17, 15) is 4.79 Å². The lowest BCUT2D eigenvalue weighted by Gasteiger charge is -2.17. The third-order valence-electron chi connectivity index (χ3n) is 4.74. The summed E-state index contributed by atoms with van der Waals surface area (Å²) in [5.41, 5.74) is 1.21. The molecule has 4 rings (SSSR count). The summed E-state index contributed by atoms with van der Waals surface area (Å²) in [7, 11) is 0. The molecule has 1 aromatic carbocycles. The van der Waals surface area contributed by atoms with Crippen LogP contribution in [0.15, 0.2) is 34.7 Å². The lowest BCUT2D eigenvalue weighted by molar-refractivity contribution is 0.0172. The molecule has 1 aliphatic heterocycles. The van der Waals surface area contributed by atoms with Crippen LogP contribution in [-0.4, -0.2) is 30.3 Å². The monoisotopic (exact) mass is 327 g/mol. The molecule has 2 aromatic rings. The van der Waals surface area contributed by atoms with Crippen LogP contribution in [0.25, 0.3) is 11.5 Å². The second kappa shape index (κ2) is 6.40. The number of carbonyl (C=O) groups is 1. The Morgan fingerprint density at radius 1 is 1.25 bits per heavy atom. The Bertz CT molecular complexity index is 714. The molecule has 1 saturated heterocycles. The molecule has 0 unspecified atom stereocenters. The van der Waals surface area contributed by atoms with Crippen molar-refractivity contribution < 1.29 is 18.7 Å². The molecule has 1 aliphatic carbocycles. The number of aromatic nitrogens is 1. The van der Waals surface area contributed by atoms with E-state index in [1.807, 2.05) is 37.3 Å². The molecule has 1 saturated carbocycles. The first-order valence-corrected chi connectivity index (χ1v) is 8.57. The summed E-state index contributed by atoms with van der Waals surface area (Å²) in [5.74, 6) is 1.33. The number of carbonyl (C=O) groups excluding carboxylic acids is 1. The van der Waals surface area contributed by atoms with Crippen LogP contribution in [0.3, 0.4) is 0 Å². The number of oxazole rings is 1. The van der Waals surface area contributed by atoms with Crippen LogP contribution >= 0.6 is 0 Å². The molecule has 126 valence electrons. The van der Waals surface area contributed by atoms with Gasteiger partial charge in [-0.05, 0) is 38.3 Å². The molecule has 0 radical (unpaired) electrons. The highest BCUT2D eigenvalue weighted by Crippen LogP contribution is 2.43. The van der Waals surface area contributed by atoms with Crippen molar-refractivity contribution in [1.29, 1.82) is 0 Å². The van der Waals surface area contributed by atoms with E-state index in [2.05, 4.69) is 4.98 Å². The predicted molar refractivity (Wildman–Crippen MR) is 87.7 cm³/mol. The van der Waals surface area contributed by atoms with E-state index in [0.717, 1.165) is 31.4 Å². The van der Waals surface area contributed by atoms with Gasteiger partial charge in [0.25, 0.3) is 0 Å². The minimum Gasteiger partial charge on any atom is -0.457 e. The van der Waals surface area contributed by atoms with E-state index >= 15 is 0 Å². The third kappa shape index (κ3) is 3.08. The molecule has 0 N–H and O–H groups in total. The lowest BCUT2D eigenvalue weighted by Crippen LogP contribution is -2.25. The first-order chi connectivity index (χ1) is 11.7. The second-order valence-electron chi connectivity index (χ2n) is 6.61. The van der Waals surface area contributed by atoms with Crippen LogP contribution in [0.2, 0.25) is 0 Å². The Morgan fingerprint density at radius 2 is 2.04 bits per heavy atom. The van der Waals surface area contributed by atoms with Crippen LogP contribution < -0.4 is 0 Å². The zero-order valence-electron chi connectivity index (χ0n) is 13.7. The van der Waals surface area contributed by atoms with Crippen LogP contribution in [0.4, 0.5) is 0 Å². The predicted octanol–water partition coefficient (Wildman–Crippen LogP) is 3.80. The number of ether oxygens (including phenoxy) is 2. The molecule has 2 aliphatic rings. The second-order valence-corrected chi connectivity index (χ2v) is 6.61. The van der Waals surface area contributed by atoms with Gasteiger partial charge in [0, 0.05) is 24.0 Å². The van der Waals surface area contributed by atoms with Gasteiger partial charge in [0.05, 0.1) is 6.61 Å². The fourth-order valence-electron chi connectivity index (χ4n) is 3.05. The highest BCUT2D eigenvalue weighted by atomic mass is 16.5. The maximum Gasteiger partial charge on any atom is 0.360 e. The van der Waals surface area contributed by atoms with Gasteiger partial charge in [-0.1, -0.05) is 18.2 Å². The summed E-state index contributed by atoms with van der Waals surface area (Å²) in [6.45, 7) is 3.31. The van der Waals surface area contributed by atoms with Crippen LogP contribution in [0.1, 0.15) is 48.4 Å². The van der Waals surface area contributed by atoms with Crippen molar-refractivity contribution in [3.8, 4) is 11.5 Å². The highest BCUT2D eigenvalue weighted by molar-refractivity contribution is 5.89. The van der Waals surface area contributed by atoms with Crippen molar-refractivity contribution in [2.24, 2.45) is 5.92 Å². The van der Waals surface area contributed by atoms with Crippen molar-refractivity contribution in [2.75, 3.05) is 13.2 Å². The average Bonchev–Trinajstić information content (AvgIpc) is 3.14. The fraction of sp³-hybridized carbons (Fsp3) is 0.474. The van der Waals surface area contributed by atoms with Gasteiger partial charge in [-0.15, -0.1) is 0 Å². The zero-order valence-corrected chi connectivity index (χ0v) is 13.7. The molecule has 0 amide bonds. The topological polar surface area (TPSA) is 61.6 Å². The minimum absolute atomic E-state index is 0.177. The van der Waals surface area contributed by atoms with Crippen molar-refractivity contribution in [3.63, 3.8) is 0 Å². The largest absolute Gasteiger partial charge is 0.457 e. The Labute approximate surface area is 141 Å². The quantitative estimate of drug-likeness (QED) is 0.782. The van der Waals surface area contributed by atoms with E-state index in [0.29, 0.717) is 29.9 Å². The van der Waals surface area contributed by atoms with Gasteiger partial charge in [-0.2, -0.15) is 0 Å². The highest BCUT2D eigenvalue weighted by Gasteiger charge is 2.36. The van der Waals surface area contributed by atoms with Gasteiger partial charge in [0.2, 0.25) is 5.89 Å². The van der Waals surface area contributed by atoms with Gasteiger partial charge < -0.3 is 13.9 Å². The van der Waals surface area contributed by atoms with Crippen LogP contribution in [0.5, 0.6) is 0 Å². The first-order valence-electron chi connectivity index (χ1n) is 8.57.